The Labute approximate surface area is 188 Å². The summed E-state index contributed by atoms with van der Waals surface area (Å²) in [5.41, 5.74) is 0.640. The average molecular weight is 468 g/mol. The lowest BCUT2D eigenvalue weighted by molar-refractivity contribution is -0.384. The monoisotopic (exact) mass is 468 g/mol. The molecule has 2 aromatic carbocycles. The van der Waals surface area contributed by atoms with E-state index in [0.717, 1.165) is 22.7 Å². The zero-order chi connectivity index (χ0) is 22.7. The van der Waals surface area contributed by atoms with Gasteiger partial charge in [0.15, 0.2) is 5.13 Å². The molecule has 0 saturated heterocycles. The normalized spacial score (nSPS) is 10.5. The number of nitrogens with zero attached hydrogens (tertiary/aromatic N) is 3. The molecule has 0 saturated carbocycles. The van der Waals surface area contributed by atoms with Crippen molar-refractivity contribution in [1.82, 2.24) is 4.98 Å². The van der Waals surface area contributed by atoms with Crippen molar-refractivity contribution in [2.24, 2.45) is 0 Å². The van der Waals surface area contributed by atoms with Crippen LogP contribution in [0.3, 0.4) is 0 Å². The van der Waals surface area contributed by atoms with Gasteiger partial charge in [-0.15, -0.1) is 0 Å². The van der Waals surface area contributed by atoms with Gasteiger partial charge in [-0.05, 0) is 18.2 Å². The van der Waals surface area contributed by atoms with E-state index in [9.17, 15) is 25.0 Å². The molecular formula is C20H12N4O6S2. The molecule has 1 amide bonds. The van der Waals surface area contributed by atoms with Gasteiger partial charge >= 0.3 is 5.00 Å². The molecule has 0 atom stereocenters. The number of thiazole rings is 1. The lowest BCUT2D eigenvalue weighted by Crippen LogP contribution is -2.09. The van der Waals surface area contributed by atoms with Gasteiger partial charge in [0.25, 0.3) is 11.6 Å². The van der Waals surface area contributed by atoms with Gasteiger partial charge in [-0.3, -0.25) is 30.3 Å². The van der Waals surface area contributed by atoms with Gasteiger partial charge < -0.3 is 4.74 Å². The summed E-state index contributed by atoms with van der Waals surface area (Å²) in [6.45, 7) is 0. The van der Waals surface area contributed by atoms with Crippen LogP contribution in [0.1, 0.15) is 9.67 Å². The molecule has 0 spiro atoms. The minimum atomic E-state index is -0.572. The first kappa shape index (κ1) is 21.1. The van der Waals surface area contributed by atoms with Gasteiger partial charge in [0.2, 0.25) is 5.06 Å². The highest BCUT2D eigenvalue weighted by Gasteiger charge is 2.21. The van der Waals surface area contributed by atoms with Crippen LogP contribution in [0.4, 0.5) is 15.8 Å². The van der Waals surface area contributed by atoms with Gasteiger partial charge in [0.05, 0.1) is 14.7 Å². The number of rotatable bonds is 7. The number of carbonyl (C=O) groups excluding carboxylic acids is 1. The number of thiophene rings is 1. The number of amides is 1. The number of hydrogen-bond donors (Lipinski definition) is 1. The summed E-state index contributed by atoms with van der Waals surface area (Å²) in [7, 11) is 0. The van der Waals surface area contributed by atoms with Gasteiger partial charge in [0, 0.05) is 23.8 Å². The van der Waals surface area contributed by atoms with Crippen molar-refractivity contribution in [3.05, 3.63) is 91.8 Å². The number of nitro benzene ring substituents is 1. The van der Waals surface area contributed by atoms with Gasteiger partial charge in [-0.2, -0.15) is 0 Å². The maximum absolute atomic E-state index is 12.5. The third-order valence-corrected chi connectivity index (χ3v) is 5.98. The fourth-order valence-electron chi connectivity index (χ4n) is 2.68. The number of non-ortho nitro benzene ring substituents is 1. The van der Waals surface area contributed by atoms with E-state index in [1.165, 1.54) is 30.3 Å². The number of para-hydroxylation sites is 1. The van der Waals surface area contributed by atoms with Gasteiger partial charge in [0.1, 0.15) is 11.4 Å². The van der Waals surface area contributed by atoms with E-state index in [4.69, 9.17) is 4.74 Å². The molecule has 10 nitrogen and oxygen atoms in total. The first-order chi connectivity index (χ1) is 15.4. The molecule has 12 heteroatoms. The molecule has 0 aliphatic rings. The topological polar surface area (TPSA) is 138 Å². The molecular weight excluding hydrogens is 456 g/mol. The summed E-state index contributed by atoms with van der Waals surface area (Å²) in [5, 5.41) is 25.0. The van der Waals surface area contributed by atoms with E-state index in [-0.39, 0.29) is 20.7 Å². The largest absolute Gasteiger partial charge is 0.444 e. The van der Waals surface area contributed by atoms with Crippen LogP contribution in [0.5, 0.6) is 10.8 Å². The number of nitro groups is 2. The Hall–Kier alpha value is -4.16. The molecule has 32 heavy (non-hydrogen) atoms. The van der Waals surface area contributed by atoms with Crippen LogP contribution in [0.25, 0.3) is 11.3 Å². The first-order valence-corrected chi connectivity index (χ1v) is 10.6. The molecule has 160 valence electrons. The predicted molar refractivity (Wildman–Crippen MR) is 120 cm³/mol. The number of carbonyl (C=O) groups is 1. The van der Waals surface area contributed by atoms with E-state index in [1.807, 2.05) is 6.07 Å². The smallest absolute Gasteiger partial charge is 0.324 e. The Balaban J connectivity index is 1.68. The standard InChI is InChI=1S/C20H12N4O6S2/c25-18(15-9-10-16(31-15)24(28)29)22-20-21-17(12-5-4-6-13(11-12)23(26)27)19(32-20)30-14-7-2-1-3-8-14/h1-11H,(H,21,22,25). The van der Waals surface area contributed by atoms with E-state index in [2.05, 4.69) is 10.3 Å². The average Bonchev–Trinajstić information content (AvgIpc) is 3.42. The Morgan fingerprint density at radius 1 is 0.938 bits per heavy atom. The summed E-state index contributed by atoms with van der Waals surface area (Å²) >= 11 is 1.78. The summed E-state index contributed by atoms with van der Waals surface area (Å²) < 4.78 is 5.92. The number of aromatic nitrogens is 1. The summed E-state index contributed by atoms with van der Waals surface area (Å²) in [6.07, 6.45) is 0. The van der Waals surface area contributed by atoms with Crippen LogP contribution in [-0.2, 0) is 0 Å². The Morgan fingerprint density at radius 3 is 2.41 bits per heavy atom. The second kappa shape index (κ2) is 8.91. The van der Waals surface area contributed by atoms with Crippen molar-refractivity contribution in [3.8, 4) is 22.1 Å². The van der Waals surface area contributed by atoms with Crippen molar-refractivity contribution in [2.75, 3.05) is 5.32 Å². The summed E-state index contributed by atoms with van der Waals surface area (Å²) in [5.74, 6) is -0.0386. The molecule has 0 bridgehead atoms. The van der Waals surface area contributed by atoms with Crippen molar-refractivity contribution < 1.29 is 19.4 Å². The maximum atomic E-state index is 12.5. The SMILES string of the molecule is O=C(Nc1nc(-c2cccc([N+](=O)[O-])c2)c(Oc2ccccc2)s1)c1ccc([N+](=O)[O-])s1. The van der Waals surface area contributed by atoms with Crippen LogP contribution in [0.2, 0.25) is 0 Å². The third kappa shape index (κ3) is 4.61. The van der Waals surface area contributed by atoms with Gasteiger partial charge in [-0.25, -0.2) is 4.98 Å². The van der Waals surface area contributed by atoms with Crippen LogP contribution >= 0.6 is 22.7 Å². The highest BCUT2D eigenvalue weighted by Crippen LogP contribution is 2.41. The molecule has 2 aromatic heterocycles. The molecule has 1 N–H and O–H groups in total. The van der Waals surface area contributed by atoms with E-state index in [1.54, 1.807) is 30.3 Å². The fraction of sp³-hybridized carbons (Fsp3) is 0. The van der Waals surface area contributed by atoms with E-state index in [0.29, 0.717) is 22.1 Å². The highest BCUT2D eigenvalue weighted by molar-refractivity contribution is 7.19. The maximum Gasteiger partial charge on any atom is 0.324 e. The van der Waals surface area contributed by atoms with Crippen LogP contribution in [0.15, 0.2) is 66.7 Å². The number of benzene rings is 2. The third-order valence-electron chi connectivity index (χ3n) is 4.10. The van der Waals surface area contributed by atoms with Crippen molar-refractivity contribution >= 4 is 44.4 Å². The van der Waals surface area contributed by atoms with Crippen molar-refractivity contribution in [3.63, 3.8) is 0 Å². The van der Waals surface area contributed by atoms with E-state index >= 15 is 0 Å². The number of nitrogens with one attached hydrogen (secondary N) is 1. The Kier molecular flexibility index (Phi) is 5.87. The van der Waals surface area contributed by atoms with Gasteiger partial charge in [-0.1, -0.05) is 53.0 Å². The Bertz CT molecular complexity index is 1320. The fourth-order valence-corrected chi connectivity index (χ4v) is 4.25. The molecule has 0 aliphatic heterocycles. The zero-order valence-electron chi connectivity index (χ0n) is 16.0. The number of anilines is 1. The minimum absolute atomic E-state index is 0.113. The highest BCUT2D eigenvalue weighted by atomic mass is 32.1. The van der Waals surface area contributed by atoms with Crippen LogP contribution < -0.4 is 10.1 Å². The zero-order valence-corrected chi connectivity index (χ0v) is 17.6. The summed E-state index contributed by atoms with van der Waals surface area (Å²) in [6, 6.07) is 17.4. The number of hydrogen-bond acceptors (Lipinski definition) is 9. The van der Waals surface area contributed by atoms with Crippen molar-refractivity contribution in [1.29, 1.82) is 0 Å². The second-order valence-corrected chi connectivity index (χ2v) is 8.25. The molecule has 4 rings (SSSR count). The van der Waals surface area contributed by atoms with Crippen LogP contribution in [0, 0.1) is 20.2 Å². The molecule has 0 radical (unpaired) electrons. The van der Waals surface area contributed by atoms with Crippen molar-refractivity contribution in [2.45, 2.75) is 0 Å². The molecule has 0 aliphatic carbocycles. The number of ether oxygens (including phenoxy) is 1. The van der Waals surface area contributed by atoms with Crippen LogP contribution in [-0.4, -0.2) is 20.7 Å². The first-order valence-electron chi connectivity index (χ1n) is 8.95. The second-order valence-electron chi connectivity index (χ2n) is 6.23. The summed E-state index contributed by atoms with van der Waals surface area (Å²) in [4.78, 5) is 38.0. The molecule has 0 fully saturated rings. The van der Waals surface area contributed by atoms with E-state index < -0.39 is 15.8 Å². The minimum Gasteiger partial charge on any atom is -0.444 e. The predicted octanol–water partition coefficient (Wildman–Crippen LogP) is 5.73. The quantitative estimate of drug-likeness (QED) is 0.270. The molecule has 0 unspecified atom stereocenters. The molecule has 4 aromatic rings. The molecule has 2 heterocycles. The lowest BCUT2D eigenvalue weighted by atomic mass is 10.1. The lowest BCUT2D eigenvalue weighted by Gasteiger charge is -2.05. The Morgan fingerprint density at radius 2 is 1.72 bits per heavy atom.